The number of ether oxygens (including phenoxy) is 1. The Labute approximate surface area is 163 Å². The Kier molecular flexibility index (Phi) is 5.64. The van der Waals surface area contributed by atoms with Crippen molar-refractivity contribution < 1.29 is 14.3 Å². The number of carbonyl (C=O) groups is 2. The van der Waals surface area contributed by atoms with E-state index in [1.54, 1.807) is 0 Å². The molecule has 2 aliphatic heterocycles. The fourth-order valence-electron chi connectivity index (χ4n) is 4.70. The van der Waals surface area contributed by atoms with Crippen LogP contribution in [0.1, 0.15) is 69.6 Å². The van der Waals surface area contributed by atoms with Crippen molar-refractivity contribution in [2.45, 2.75) is 90.8 Å². The fraction of sp³-hybridized carbons (Fsp3) is 0.652. The van der Waals surface area contributed by atoms with E-state index >= 15 is 0 Å². The third kappa shape index (κ3) is 4.53. The Morgan fingerprint density at radius 1 is 1.07 bits per heavy atom. The second kappa shape index (κ2) is 7.65. The third-order valence-corrected chi connectivity index (χ3v) is 6.03. The lowest BCUT2D eigenvalue weighted by Gasteiger charge is -2.48. The average molecular weight is 372 g/mol. The Morgan fingerprint density at radius 3 is 2.15 bits per heavy atom. The molecule has 148 valence electrons. The molecule has 2 unspecified atom stereocenters. The van der Waals surface area contributed by atoms with Crippen LogP contribution in [0.3, 0.4) is 0 Å². The highest BCUT2D eigenvalue weighted by Gasteiger charge is 2.44. The molecule has 0 spiro atoms. The number of amides is 1. The summed E-state index contributed by atoms with van der Waals surface area (Å²) in [5, 5.41) is 0. The van der Waals surface area contributed by atoms with E-state index in [2.05, 4.69) is 26.0 Å². The monoisotopic (exact) mass is 371 g/mol. The first kappa shape index (κ1) is 19.9. The second-order valence-electron chi connectivity index (χ2n) is 9.31. The largest absolute Gasteiger partial charge is 0.444 e. The summed E-state index contributed by atoms with van der Waals surface area (Å²) in [6.07, 6.45) is 4.93. The maximum Gasteiger partial charge on any atom is 0.410 e. The maximum absolute atomic E-state index is 13.1. The molecule has 0 saturated carbocycles. The predicted octanol–water partition coefficient (Wildman–Crippen LogP) is 4.98. The molecular weight excluding hydrogens is 338 g/mol. The third-order valence-electron chi connectivity index (χ3n) is 6.03. The minimum atomic E-state index is -0.486. The summed E-state index contributed by atoms with van der Waals surface area (Å²) in [6.45, 7) is 9.87. The molecule has 2 fully saturated rings. The minimum Gasteiger partial charge on any atom is -0.444 e. The van der Waals surface area contributed by atoms with Crippen molar-refractivity contribution in [2.75, 3.05) is 0 Å². The standard InChI is InChI=1S/C23H33NO3/c1-15-8-6-9-16(2)20(15)14-21(25)17-12-18-10-7-11-19(13-17)24(18)22(26)27-23(3,4)5/h6,8-9,17-19H,7,10-14H2,1-5H3. The van der Waals surface area contributed by atoms with Gasteiger partial charge in [0, 0.05) is 24.4 Å². The zero-order chi connectivity index (χ0) is 19.8. The molecule has 0 N–H and O–H groups in total. The molecular formula is C23H33NO3. The van der Waals surface area contributed by atoms with Gasteiger partial charge in [-0.05, 0) is 83.4 Å². The van der Waals surface area contributed by atoms with E-state index in [4.69, 9.17) is 4.74 Å². The lowest BCUT2D eigenvalue weighted by Crippen LogP contribution is -2.56. The smallest absolute Gasteiger partial charge is 0.410 e. The van der Waals surface area contributed by atoms with Gasteiger partial charge in [0.2, 0.25) is 0 Å². The van der Waals surface area contributed by atoms with Gasteiger partial charge in [0.25, 0.3) is 0 Å². The second-order valence-corrected chi connectivity index (χ2v) is 9.31. The molecule has 1 amide bonds. The van der Waals surface area contributed by atoms with Gasteiger partial charge in [0.15, 0.2) is 0 Å². The van der Waals surface area contributed by atoms with E-state index in [-0.39, 0.29) is 24.1 Å². The molecule has 27 heavy (non-hydrogen) atoms. The molecule has 2 aliphatic rings. The number of ketones is 1. The van der Waals surface area contributed by atoms with E-state index in [0.717, 1.165) is 32.1 Å². The summed E-state index contributed by atoms with van der Waals surface area (Å²) in [7, 11) is 0. The van der Waals surface area contributed by atoms with Crippen LogP contribution in [0.15, 0.2) is 18.2 Å². The number of hydrogen-bond donors (Lipinski definition) is 0. The average Bonchev–Trinajstić information content (AvgIpc) is 2.55. The van der Waals surface area contributed by atoms with Crippen molar-refractivity contribution in [1.29, 1.82) is 0 Å². The summed E-state index contributed by atoms with van der Waals surface area (Å²) in [5.74, 6) is 0.381. The lowest BCUT2D eigenvalue weighted by atomic mass is 9.75. The number of nitrogens with zero attached hydrogens (tertiary/aromatic N) is 1. The van der Waals surface area contributed by atoms with Crippen LogP contribution in [-0.4, -0.2) is 34.5 Å². The first-order valence-corrected chi connectivity index (χ1v) is 10.2. The number of benzene rings is 1. The van der Waals surface area contributed by atoms with Crippen LogP contribution < -0.4 is 0 Å². The first-order valence-electron chi connectivity index (χ1n) is 10.2. The summed E-state index contributed by atoms with van der Waals surface area (Å²) in [5.41, 5.74) is 3.06. The van der Waals surface area contributed by atoms with Gasteiger partial charge in [0.1, 0.15) is 11.4 Å². The minimum absolute atomic E-state index is 0.0537. The van der Waals surface area contributed by atoms with Gasteiger partial charge in [0.05, 0.1) is 0 Å². The highest BCUT2D eigenvalue weighted by Crippen LogP contribution is 2.38. The van der Waals surface area contributed by atoms with E-state index in [1.165, 1.54) is 16.7 Å². The van der Waals surface area contributed by atoms with Crippen molar-refractivity contribution in [3.63, 3.8) is 0 Å². The topological polar surface area (TPSA) is 46.6 Å². The Balaban J connectivity index is 1.71. The Bertz CT molecular complexity index is 685. The molecule has 2 atom stereocenters. The molecule has 2 heterocycles. The molecule has 0 radical (unpaired) electrons. The normalized spacial score (nSPS) is 25.2. The quantitative estimate of drug-likeness (QED) is 0.752. The lowest BCUT2D eigenvalue weighted by molar-refractivity contribution is -0.126. The fourth-order valence-corrected chi connectivity index (χ4v) is 4.70. The molecule has 4 nitrogen and oxygen atoms in total. The van der Waals surface area contributed by atoms with Crippen molar-refractivity contribution in [3.8, 4) is 0 Å². The van der Waals surface area contributed by atoms with Crippen molar-refractivity contribution in [2.24, 2.45) is 5.92 Å². The van der Waals surface area contributed by atoms with Gasteiger partial charge in [-0.25, -0.2) is 4.79 Å². The van der Waals surface area contributed by atoms with Crippen LogP contribution in [0.25, 0.3) is 0 Å². The van der Waals surface area contributed by atoms with Crippen molar-refractivity contribution >= 4 is 11.9 Å². The highest BCUT2D eigenvalue weighted by atomic mass is 16.6. The molecule has 1 aromatic carbocycles. The Morgan fingerprint density at radius 2 is 1.63 bits per heavy atom. The van der Waals surface area contributed by atoms with Crippen molar-refractivity contribution in [3.05, 3.63) is 34.9 Å². The molecule has 2 saturated heterocycles. The van der Waals surface area contributed by atoms with Gasteiger partial charge in [-0.15, -0.1) is 0 Å². The van der Waals surface area contributed by atoms with Crippen molar-refractivity contribution in [1.82, 2.24) is 4.90 Å². The zero-order valence-electron chi connectivity index (χ0n) is 17.4. The van der Waals surface area contributed by atoms with Gasteiger partial charge >= 0.3 is 6.09 Å². The van der Waals surface area contributed by atoms with Crippen LogP contribution in [0.5, 0.6) is 0 Å². The molecule has 1 aromatic rings. The number of carbonyl (C=O) groups excluding carboxylic acids is 2. The highest BCUT2D eigenvalue weighted by molar-refractivity contribution is 5.84. The molecule has 3 rings (SSSR count). The zero-order valence-corrected chi connectivity index (χ0v) is 17.4. The first-order chi connectivity index (χ1) is 12.7. The van der Waals surface area contributed by atoms with E-state index in [9.17, 15) is 9.59 Å². The molecule has 0 aliphatic carbocycles. The number of rotatable bonds is 3. The maximum atomic E-state index is 13.1. The SMILES string of the molecule is Cc1cccc(C)c1CC(=O)C1CC2CCCC(C1)N2C(=O)OC(C)(C)C. The van der Waals surface area contributed by atoms with Crippen LogP contribution in [0.2, 0.25) is 0 Å². The Hall–Kier alpha value is -1.84. The summed E-state index contributed by atoms with van der Waals surface area (Å²) < 4.78 is 5.64. The number of aryl methyl sites for hydroxylation is 2. The summed E-state index contributed by atoms with van der Waals surface area (Å²) >= 11 is 0. The van der Waals surface area contributed by atoms with Gasteiger partial charge < -0.3 is 9.64 Å². The van der Waals surface area contributed by atoms with Crippen LogP contribution in [0, 0.1) is 19.8 Å². The number of hydrogen-bond acceptors (Lipinski definition) is 3. The van der Waals surface area contributed by atoms with Gasteiger partial charge in [-0.1, -0.05) is 18.2 Å². The van der Waals surface area contributed by atoms with Crippen LogP contribution in [-0.2, 0) is 16.0 Å². The molecule has 4 heteroatoms. The van der Waals surface area contributed by atoms with E-state index in [1.807, 2.05) is 31.7 Å². The van der Waals surface area contributed by atoms with Crippen LogP contribution in [0.4, 0.5) is 4.79 Å². The van der Waals surface area contributed by atoms with Gasteiger partial charge in [-0.3, -0.25) is 4.79 Å². The number of Topliss-reactive ketones (excluding diaryl/α,β-unsaturated/α-hetero) is 1. The van der Waals surface area contributed by atoms with Gasteiger partial charge in [-0.2, -0.15) is 0 Å². The number of fused-ring (bicyclic) bond motifs is 2. The van der Waals surface area contributed by atoms with E-state index < -0.39 is 5.60 Å². The summed E-state index contributed by atoms with van der Waals surface area (Å²) in [4.78, 5) is 27.7. The van der Waals surface area contributed by atoms with Crippen LogP contribution >= 0.6 is 0 Å². The predicted molar refractivity (Wildman–Crippen MR) is 107 cm³/mol. The molecule has 2 bridgehead atoms. The molecule has 0 aromatic heterocycles. The summed E-state index contributed by atoms with van der Waals surface area (Å²) in [6, 6.07) is 6.48. The number of piperidine rings is 2. The van der Waals surface area contributed by atoms with E-state index in [0.29, 0.717) is 12.2 Å².